The number of halogens is 3. The third kappa shape index (κ3) is 7.20. The third-order valence-corrected chi connectivity index (χ3v) is 9.29. The van der Waals surface area contributed by atoms with Crippen LogP contribution in [0.2, 0.25) is 0 Å². The molecule has 2 aromatic heterocycles. The molecule has 248 valence electrons. The minimum atomic E-state index is -1.51. The standard InChI is InChI=1S/C18H10BrNO3.C12H9BO3.C6H3Br2NO2/c19-11-8-9-16(20(21)22)15(10-11)14-6-3-5-13-12-4-1-2-7-17(12)23-18(13)14;14-13(15)10-6-3-5-9-8-4-1-2-7-11(8)16-12(9)10;7-4-1-2-6(9(10)11)5(8)3-4/h1-10H;1-7,14-15H;1-3H. The molecule has 0 radical (unpaired) electrons. The summed E-state index contributed by atoms with van der Waals surface area (Å²) >= 11 is 9.66. The number of fused-ring (bicyclic) bond motifs is 6. The molecule has 6 aromatic carbocycles. The van der Waals surface area contributed by atoms with Crippen LogP contribution in [0.4, 0.5) is 11.4 Å². The van der Waals surface area contributed by atoms with Crippen molar-refractivity contribution in [2.75, 3.05) is 0 Å². The summed E-state index contributed by atoms with van der Waals surface area (Å²) < 4.78 is 13.7. The van der Waals surface area contributed by atoms with Crippen LogP contribution in [0.25, 0.3) is 55.0 Å². The van der Waals surface area contributed by atoms with Crippen molar-refractivity contribution in [2.24, 2.45) is 0 Å². The van der Waals surface area contributed by atoms with Crippen LogP contribution in [-0.2, 0) is 0 Å². The van der Waals surface area contributed by atoms with Crippen molar-refractivity contribution < 1.29 is 28.7 Å². The fourth-order valence-electron chi connectivity index (χ4n) is 5.44. The number of rotatable bonds is 4. The van der Waals surface area contributed by atoms with Gasteiger partial charge in [0.25, 0.3) is 11.4 Å². The molecule has 0 fully saturated rings. The highest BCUT2D eigenvalue weighted by molar-refractivity contribution is 9.11. The molecule has 0 spiro atoms. The van der Waals surface area contributed by atoms with Gasteiger partial charge >= 0.3 is 7.12 Å². The largest absolute Gasteiger partial charge is 0.492 e. The first-order valence-corrected chi connectivity index (χ1v) is 17.1. The molecule has 2 N–H and O–H groups in total. The average Bonchev–Trinajstić information content (AvgIpc) is 3.67. The summed E-state index contributed by atoms with van der Waals surface area (Å²) in [5, 5.41) is 44.0. The second-order valence-electron chi connectivity index (χ2n) is 10.7. The summed E-state index contributed by atoms with van der Waals surface area (Å²) in [6.45, 7) is 0. The molecule has 14 heteroatoms. The molecule has 2 heterocycles. The summed E-state index contributed by atoms with van der Waals surface area (Å²) in [5.41, 5.74) is 4.51. The molecule has 0 aliphatic heterocycles. The van der Waals surface area contributed by atoms with E-state index in [1.807, 2.05) is 72.8 Å². The average molecular weight is 861 g/mol. The van der Waals surface area contributed by atoms with Crippen molar-refractivity contribution in [3.63, 3.8) is 0 Å². The molecule has 0 amide bonds. The maximum atomic E-state index is 11.4. The quantitative estimate of drug-likeness (QED) is 0.101. The van der Waals surface area contributed by atoms with E-state index in [0.29, 0.717) is 32.2 Å². The van der Waals surface area contributed by atoms with E-state index in [-0.39, 0.29) is 16.3 Å². The van der Waals surface area contributed by atoms with E-state index in [1.165, 1.54) is 12.1 Å². The van der Waals surface area contributed by atoms with E-state index in [4.69, 9.17) is 8.83 Å². The van der Waals surface area contributed by atoms with Gasteiger partial charge in [-0.1, -0.05) is 105 Å². The van der Waals surface area contributed by atoms with Gasteiger partial charge in [-0.3, -0.25) is 20.2 Å². The summed E-state index contributed by atoms with van der Waals surface area (Å²) in [7, 11) is -1.51. The van der Waals surface area contributed by atoms with Crippen molar-refractivity contribution in [1.29, 1.82) is 0 Å². The van der Waals surface area contributed by atoms with Crippen LogP contribution in [0, 0.1) is 20.2 Å². The van der Waals surface area contributed by atoms with Crippen molar-refractivity contribution in [2.45, 2.75) is 0 Å². The zero-order valence-corrected chi connectivity index (χ0v) is 30.3. The Kier molecular flexibility index (Phi) is 10.5. The molecule has 0 saturated heterocycles. The van der Waals surface area contributed by atoms with E-state index < -0.39 is 12.0 Å². The fraction of sp³-hybridized carbons (Fsp3) is 0. The summed E-state index contributed by atoms with van der Waals surface area (Å²) in [5.74, 6) is 0. The first-order valence-electron chi connectivity index (χ1n) is 14.7. The second kappa shape index (κ2) is 14.9. The van der Waals surface area contributed by atoms with E-state index in [1.54, 1.807) is 36.4 Å². The van der Waals surface area contributed by atoms with E-state index in [2.05, 4.69) is 47.8 Å². The molecule has 8 aromatic rings. The van der Waals surface area contributed by atoms with Gasteiger partial charge in [-0.25, -0.2) is 0 Å². The first-order chi connectivity index (χ1) is 24.0. The molecule has 0 bridgehead atoms. The predicted molar refractivity (Wildman–Crippen MR) is 206 cm³/mol. The number of nitro benzene ring substituents is 2. The lowest BCUT2D eigenvalue weighted by molar-refractivity contribution is -0.385. The zero-order valence-electron chi connectivity index (χ0n) is 25.5. The van der Waals surface area contributed by atoms with Crippen LogP contribution in [0.3, 0.4) is 0 Å². The first kappa shape index (κ1) is 35.0. The molecule has 0 aliphatic rings. The SMILES string of the molecule is O=[N+]([O-])c1ccc(Br)cc1-c1cccc2c1oc1ccccc12.O=[N+]([O-])c1ccc(Br)cc1Br.OB(O)c1cccc2c1oc1ccccc12. The topological polar surface area (TPSA) is 153 Å². The minimum absolute atomic E-state index is 0.0566. The van der Waals surface area contributed by atoms with E-state index in [9.17, 15) is 30.3 Å². The number of hydrogen-bond acceptors (Lipinski definition) is 8. The number of furan rings is 2. The molecule has 50 heavy (non-hydrogen) atoms. The number of hydrogen-bond donors (Lipinski definition) is 2. The zero-order chi connectivity index (χ0) is 35.5. The van der Waals surface area contributed by atoms with Gasteiger partial charge in [0.2, 0.25) is 0 Å². The predicted octanol–water partition coefficient (Wildman–Crippen LogP) is 10.3. The Morgan fingerprint density at radius 3 is 1.62 bits per heavy atom. The van der Waals surface area contributed by atoms with Crippen molar-refractivity contribution in [3.05, 3.63) is 155 Å². The van der Waals surface area contributed by atoms with E-state index >= 15 is 0 Å². The van der Waals surface area contributed by atoms with Crippen molar-refractivity contribution in [1.82, 2.24) is 0 Å². The van der Waals surface area contributed by atoms with Crippen LogP contribution in [0.1, 0.15) is 0 Å². The van der Waals surface area contributed by atoms with Crippen LogP contribution in [-0.4, -0.2) is 27.0 Å². The normalized spacial score (nSPS) is 10.8. The molecular weight excluding hydrogens is 839 g/mol. The minimum Gasteiger partial charge on any atom is -0.456 e. The van der Waals surface area contributed by atoms with Gasteiger partial charge in [0.1, 0.15) is 22.3 Å². The van der Waals surface area contributed by atoms with Gasteiger partial charge in [-0.2, -0.15) is 0 Å². The Balaban J connectivity index is 0.000000139. The lowest BCUT2D eigenvalue weighted by Crippen LogP contribution is -2.29. The van der Waals surface area contributed by atoms with Crippen molar-refractivity contribution >= 4 is 116 Å². The van der Waals surface area contributed by atoms with Gasteiger partial charge in [0.05, 0.1) is 19.9 Å². The molecule has 0 saturated carbocycles. The smallest absolute Gasteiger partial charge is 0.456 e. The highest BCUT2D eigenvalue weighted by Gasteiger charge is 2.21. The van der Waals surface area contributed by atoms with E-state index in [0.717, 1.165) is 41.7 Å². The fourth-order valence-corrected chi connectivity index (χ4v) is 7.00. The number of para-hydroxylation sites is 4. The Morgan fingerprint density at radius 1 is 0.540 bits per heavy atom. The van der Waals surface area contributed by atoms with Gasteiger partial charge in [0, 0.05) is 53.6 Å². The molecule has 8 rings (SSSR count). The number of nitrogens with zero attached hydrogens (tertiary/aromatic N) is 2. The number of nitro groups is 2. The highest BCUT2D eigenvalue weighted by atomic mass is 79.9. The van der Waals surface area contributed by atoms with Gasteiger partial charge in [-0.15, -0.1) is 0 Å². The van der Waals surface area contributed by atoms with Gasteiger partial charge in [0.15, 0.2) is 0 Å². The summed E-state index contributed by atoms with van der Waals surface area (Å²) in [6.07, 6.45) is 0. The monoisotopic (exact) mass is 858 g/mol. The maximum absolute atomic E-state index is 11.4. The Labute approximate surface area is 308 Å². The molecule has 0 unspecified atom stereocenters. The van der Waals surface area contributed by atoms with Crippen LogP contribution in [0.5, 0.6) is 0 Å². The molecular formula is C36H22BBr3N2O8. The maximum Gasteiger partial charge on any atom is 0.492 e. The van der Waals surface area contributed by atoms with Crippen LogP contribution >= 0.6 is 47.8 Å². The summed E-state index contributed by atoms with van der Waals surface area (Å²) in [4.78, 5) is 20.9. The van der Waals surface area contributed by atoms with Crippen LogP contribution < -0.4 is 5.46 Å². The lowest BCUT2D eigenvalue weighted by atomic mass is 9.79. The highest BCUT2D eigenvalue weighted by Crippen LogP contribution is 2.40. The summed E-state index contributed by atoms with van der Waals surface area (Å²) in [6, 6.07) is 36.1. The lowest BCUT2D eigenvalue weighted by Gasteiger charge is -2.05. The molecule has 10 nitrogen and oxygen atoms in total. The van der Waals surface area contributed by atoms with Crippen molar-refractivity contribution in [3.8, 4) is 11.1 Å². The second-order valence-corrected chi connectivity index (χ2v) is 13.4. The Morgan fingerprint density at radius 2 is 1.04 bits per heavy atom. The number of benzene rings is 6. The van der Waals surface area contributed by atoms with Gasteiger partial charge in [-0.05, 0) is 52.3 Å². The Hall–Kier alpha value is -4.86. The van der Waals surface area contributed by atoms with Crippen LogP contribution in [0.15, 0.2) is 144 Å². The third-order valence-electron chi connectivity index (χ3n) is 7.67. The molecule has 0 aliphatic carbocycles. The Bertz CT molecular complexity index is 2550. The van der Waals surface area contributed by atoms with Gasteiger partial charge < -0.3 is 18.9 Å². The molecule has 0 atom stereocenters.